The third-order valence-corrected chi connectivity index (χ3v) is 3.95. The fraction of sp³-hybridized carbons (Fsp3) is 0.0714. The van der Waals surface area contributed by atoms with E-state index in [1.807, 2.05) is 6.92 Å². The number of rotatable bonds is 2. The fourth-order valence-electron chi connectivity index (χ4n) is 1.62. The maximum Gasteiger partial charge on any atom is 0.193 e. The third kappa shape index (κ3) is 2.57. The first-order valence-electron chi connectivity index (χ1n) is 5.35. The molecule has 0 atom stereocenters. The zero-order chi connectivity index (χ0) is 13.3. The largest absolute Gasteiger partial charge is 0.399 e. The standard InChI is InChI=1S/C14H11BrClNO/c1-8-6-9(3-5-13(8)17)14(18)10-2-4-11(15)12(16)7-10/h2-7H,17H2,1H3. The number of ketones is 1. The molecule has 0 fully saturated rings. The summed E-state index contributed by atoms with van der Waals surface area (Å²) in [5.41, 5.74) is 8.48. The van der Waals surface area contributed by atoms with E-state index in [9.17, 15) is 4.79 Å². The van der Waals surface area contributed by atoms with Crippen LogP contribution in [0.5, 0.6) is 0 Å². The maximum atomic E-state index is 12.3. The molecule has 0 aliphatic heterocycles. The minimum Gasteiger partial charge on any atom is -0.399 e. The zero-order valence-corrected chi connectivity index (χ0v) is 12.0. The Morgan fingerprint density at radius 1 is 1.17 bits per heavy atom. The van der Waals surface area contributed by atoms with Gasteiger partial charge in [-0.05, 0) is 64.8 Å². The van der Waals surface area contributed by atoms with E-state index < -0.39 is 0 Å². The van der Waals surface area contributed by atoms with E-state index >= 15 is 0 Å². The zero-order valence-electron chi connectivity index (χ0n) is 9.71. The van der Waals surface area contributed by atoms with Gasteiger partial charge in [0.2, 0.25) is 0 Å². The molecule has 18 heavy (non-hydrogen) atoms. The highest BCUT2D eigenvalue weighted by Crippen LogP contribution is 2.25. The Labute approximate surface area is 119 Å². The second kappa shape index (κ2) is 5.12. The lowest BCUT2D eigenvalue weighted by Crippen LogP contribution is -2.02. The molecular weight excluding hydrogens is 314 g/mol. The van der Waals surface area contributed by atoms with Crippen molar-refractivity contribution in [1.82, 2.24) is 0 Å². The number of carbonyl (C=O) groups excluding carboxylic acids is 1. The molecule has 0 bridgehead atoms. The molecule has 0 radical (unpaired) electrons. The van der Waals surface area contributed by atoms with Crippen molar-refractivity contribution >= 4 is 39.0 Å². The van der Waals surface area contributed by atoms with Crippen LogP contribution in [0, 0.1) is 6.92 Å². The lowest BCUT2D eigenvalue weighted by Gasteiger charge is -2.05. The molecule has 0 aromatic heterocycles. The predicted molar refractivity (Wildman–Crippen MR) is 78.2 cm³/mol. The molecular formula is C14H11BrClNO. The summed E-state index contributed by atoms with van der Waals surface area (Å²) in [4.78, 5) is 12.3. The summed E-state index contributed by atoms with van der Waals surface area (Å²) in [5, 5.41) is 0.521. The van der Waals surface area contributed by atoms with Crippen LogP contribution in [-0.2, 0) is 0 Å². The molecule has 0 amide bonds. The van der Waals surface area contributed by atoms with Crippen molar-refractivity contribution in [1.29, 1.82) is 0 Å². The van der Waals surface area contributed by atoms with Crippen molar-refractivity contribution in [2.75, 3.05) is 5.73 Å². The van der Waals surface area contributed by atoms with Crippen LogP contribution in [0.15, 0.2) is 40.9 Å². The van der Waals surface area contributed by atoms with Crippen molar-refractivity contribution in [3.05, 3.63) is 62.6 Å². The summed E-state index contributed by atoms with van der Waals surface area (Å²) in [5.74, 6) is -0.0625. The topological polar surface area (TPSA) is 43.1 Å². The summed E-state index contributed by atoms with van der Waals surface area (Å²) < 4.78 is 0.772. The number of nitrogen functional groups attached to an aromatic ring is 1. The van der Waals surface area contributed by atoms with E-state index in [0.717, 1.165) is 10.0 Å². The number of aryl methyl sites for hydroxylation is 1. The SMILES string of the molecule is Cc1cc(C(=O)c2ccc(Br)c(Cl)c2)ccc1N. The van der Waals surface area contributed by atoms with Gasteiger partial charge < -0.3 is 5.73 Å². The molecule has 2 aromatic rings. The Morgan fingerprint density at radius 3 is 2.39 bits per heavy atom. The number of hydrogen-bond donors (Lipinski definition) is 1. The quantitative estimate of drug-likeness (QED) is 0.664. The molecule has 92 valence electrons. The van der Waals surface area contributed by atoms with Crippen LogP contribution in [0.4, 0.5) is 5.69 Å². The van der Waals surface area contributed by atoms with Gasteiger partial charge in [-0.15, -0.1) is 0 Å². The number of nitrogens with two attached hydrogens (primary N) is 1. The minimum atomic E-state index is -0.0625. The first-order valence-corrected chi connectivity index (χ1v) is 6.52. The normalized spacial score (nSPS) is 10.4. The highest BCUT2D eigenvalue weighted by atomic mass is 79.9. The monoisotopic (exact) mass is 323 g/mol. The van der Waals surface area contributed by atoms with Gasteiger partial charge in [-0.3, -0.25) is 4.79 Å². The Kier molecular flexibility index (Phi) is 3.73. The average Bonchev–Trinajstić information content (AvgIpc) is 2.35. The smallest absolute Gasteiger partial charge is 0.193 e. The highest BCUT2D eigenvalue weighted by Gasteiger charge is 2.11. The number of carbonyl (C=O) groups is 1. The minimum absolute atomic E-state index is 0.0625. The van der Waals surface area contributed by atoms with Crippen molar-refractivity contribution in [2.24, 2.45) is 0 Å². The summed E-state index contributed by atoms with van der Waals surface area (Å²) >= 11 is 9.28. The predicted octanol–water partition coefficient (Wildman–Crippen LogP) is 4.22. The summed E-state index contributed by atoms with van der Waals surface area (Å²) in [7, 11) is 0. The van der Waals surface area contributed by atoms with Crippen molar-refractivity contribution in [3.63, 3.8) is 0 Å². The molecule has 4 heteroatoms. The van der Waals surface area contributed by atoms with Crippen LogP contribution in [0.25, 0.3) is 0 Å². The molecule has 0 heterocycles. The summed E-state index contributed by atoms with van der Waals surface area (Å²) in [6.45, 7) is 1.88. The molecule has 2 rings (SSSR count). The molecule has 0 unspecified atom stereocenters. The van der Waals surface area contributed by atoms with Crippen molar-refractivity contribution in [3.8, 4) is 0 Å². The van der Waals surface area contributed by atoms with Crippen LogP contribution in [0.3, 0.4) is 0 Å². The van der Waals surface area contributed by atoms with Gasteiger partial charge in [-0.1, -0.05) is 11.6 Å². The Bertz CT molecular complexity index is 572. The van der Waals surface area contributed by atoms with Crippen LogP contribution < -0.4 is 5.73 Å². The maximum absolute atomic E-state index is 12.3. The number of hydrogen-bond acceptors (Lipinski definition) is 2. The van der Waals surface area contributed by atoms with Gasteiger partial charge in [0.25, 0.3) is 0 Å². The second-order valence-corrected chi connectivity index (χ2v) is 5.29. The van der Waals surface area contributed by atoms with Gasteiger partial charge >= 0.3 is 0 Å². The first kappa shape index (κ1) is 13.1. The van der Waals surface area contributed by atoms with Crippen LogP contribution >= 0.6 is 27.5 Å². The van der Waals surface area contributed by atoms with E-state index in [2.05, 4.69) is 15.9 Å². The lowest BCUT2D eigenvalue weighted by molar-refractivity contribution is 0.103. The number of halogens is 2. The molecule has 0 saturated carbocycles. The van der Waals surface area contributed by atoms with Crippen molar-refractivity contribution < 1.29 is 4.79 Å². The van der Waals surface area contributed by atoms with Gasteiger partial charge in [0.05, 0.1) is 5.02 Å². The van der Waals surface area contributed by atoms with Gasteiger partial charge in [0.15, 0.2) is 5.78 Å². The van der Waals surface area contributed by atoms with Crippen LogP contribution in [0.1, 0.15) is 21.5 Å². The molecule has 2 aromatic carbocycles. The average molecular weight is 325 g/mol. The van der Waals surface area contributed by atoms with Gasteiger partial charge in [0.1, 0.15) is 0 Å². The lowest BCUT2D eigenvalue weighted by atomic mass is 10.0. The van der Waals surface area contributed by atoms with E-state index in [0.29, 0.717) is 21.8 Å². The molecule has 0 aliphatic carbocycles. The molecule has 2 N–H and O–H groups in total. The Morgan fingerprint density at radius 2 is 1.78 bits per heavy atom. The Balaban J connectivity index is 2.41. The summed E-state index contributed by atoms with van der Waals surface area (Å²) in [6, 6.07) is 10.4. The third-order valence-electron chi connectivity index (χ3n) is 2.71. The molecule has 2 nitrogen and oxygen atoms in total. The van der Waals surface area contributed by atoms with Gasteiger partial charge in [0, 0.05) is 21.3 Å². The van der Waals surface area contributed by atoms with Crippen molar-refractivity contribution in [2.45, 2.75) is 6.92 Å². The molecule has 0 spiro atoms. The molecule has 0 aliphatic rings. The summed E-state index contributed by atoms with van der Waals surface area (Å²) in [6.07, 6.45) is 0. The van der Waals surface area contributed by atoms with E-state index in [1.165, 1.54) is 0 Å². The van der Waals surface area contributed by atoms with Gasteiger partial charge in [-0.25, -0.2) is 0 Å². The number of benzene rings is 2. The number of anilines is 1. The second-order valence-electron chi connectivity index (χ2n) is 4.03. The molecule has 0 saturated heterocycles. The van der Waals surface area contributed by atoms with E-state index in [4.69, 9.17) is 17.3 Å². The van der Waals surface area contributed by atoms with E-state index in [-0.39, 0.29) is 5.78 Å². The Hall–Kier alpha value is -1.32. The first-order chi connectivity index (χ1) is 8.49. The van der Waals surface area contributed by atoms with Crippen LogP contribution in [0.2, 0.25) is 5.02 Å². The fourth-order valence-corrected chi connectivity index (χ4v) is 2.05. The highest BCUT2D eigenvalue weighted by molar-refractivity contribution is 9.10. The van der Waals surface area contributed by atoms with Gasteiger partial charge in [-0.2, -0.15) is 0 Å². The van der Waals surface area contributed by atoms with Crippen LogP contribution in [-0.4, -0.2) is 5.78 Å². The van der Waals surface area contributed by atoms with E-state index in [1.54, 1.807) is 36.4 Å².